The molecule has 0 saturated heterocycles. The summed E-state index contributed by atoms with van der Waals surface area (Å²) in [4.78, 5) is 64.7. The Hall–Kier alpha value is -4.63. The van der Waals surface area contributed by atoms with E-state index in [1.807, 2.05) is 6.92 Å². The number of nitrogens with one attached hydrogen (secondary N) is 4. The number of hydrogen-bond acceptors (Lipinski definition) is 9. The largest absolute Gasteiger partial charge is 0.472 e. The second-order valence-corrected chi connectivity index (χ2v) is 9.60. The first-order valence-electron chi connectivity index (χ1n) is 12.0. The zero-order valence-corrected chi connectivity index (χ0v) is 23.1. The lowest BCUT2D eigenvalue weighted by molar-refractivity contribution is 0.0449. The molecule has 0 aliphatic carbocycles. The fourth-order valence-electron chi connectivity index (χ4n) is 3.56. The van der Waals surface area contributed by atoms with Crippen LogP contribution in [0.5, 0.6) is 0 Å². The highest BCUT2D eigenvalue weighted by Gasteiger charge is 2.31. The van der Waals surface area contributed by atoms with Gasteiger partial charge in [-0.25, -0.2) is 23.8 Å². The van der Waals surface area contributed by atoms with E-state index in [9.17, 15) is 18.9 Å². The molecule has 218 valence electrons. The van der Waals surface area contributed by atoms with Crippen LogP contribution in [0.2, 0.25) is 0 Å². The van der Waals surface area contributed by atoms with E-state index in [4.69, 9.17) is 24.5 Å². The highest BCUT2D eigenvalue weighted by atomic mass is 31.2. The van der Waals surface area contributed by atoms with Crippen LogP contribution < -0.4 is 15.5 Å². The summed E-state index contributed by atoms with van der Waals surface area (Å²) in [6, 6.07) is 5.78. The normalized spacial score (nSPS) is 11.6. The highest BCUT2D eigenvalue weighted by molar-refractivity contribution is 7.46. The quantitative estimate of drug-likeness (QED) is 0.0827. The number of aromatic nitrogens is 2. The summed E-state index contributed by atoms with van der Waals surface area (Å²) in [5.41, 5.74) is 1.36. The van der Waals surface area contributed by atoms with Crippen LogP contribution >= 0.6 is 7.82 Å². The Kier molecular flexibility index (Phi) is 10.3. The van der Waals surface area contributed by atoms with Crippen LogP contribution in [0.4, 0.5) is 16.3 Å². The van der Waals surface area contributed by atoms with Crippen molar-refractivity contribution < 1.29 is 42.5 Å². The third kappa shape index (κ3) is 7.95. The zero-order chi connectivity index (χ0) is 30.2. The van der Waals surface area contributed by atoms with Gasteiger partial charge in [-0.3, -0.25) is 15.0 Å². The van der Waals surface area contributed by atoms with Gasteiger partial charge in [-0.05, 0) is 43.5 Å². The van der Waals surface area contributed by atoms with Crippen molar-refractivity contribution in [2.75, 3.05) is 23.6 Å². The molecule has 0 spiro atoms. The number of aryl methyl sites for hydroxylation is 1. The Labute approximate surface area is 233 Å². The summed E-state index contributed by atoms with van der Waals surface area (Å²) in [6.45, 7) is 4.42. The number of amidine groups is 1. The van der Waals surface area contributed by atoms with Gasteiger partial charge in [-0.2, -0.15) is 0 Å². The lowest BCUT2D eigenvalue weighted by Gasteiger charge is -2.25. The zero-order valence-electron chi connectivity index (χ0n) is 22.2. The van der Waals surface area contributed by atoms with Gasteiger partial charge in [0.1, 0.15) is 12.6 Å². The van der Waals surface area contributed by atoms with Crippen molar-refractivity contribution in [2.24, 2.45) is 4.99 Å². The van der Waals surface area contributed by atoms with Crippen molar-refractivity contribution in [3.05, 3.63) is 64.7 Å². The van der Waals surface area contributed by atoms with Crippen LogP contribution in [0.3, 0.4) is 0 Å². The molecule has 0 fully saturated rings. The number of benzene rings is 1. The molecule has 0 unspecified atom stereocenters. The minimum Gasteiger partial charge on any atom is -0.421 e. The molecule has 1 aromatic carbocycles. The van der Waals surface area contributed by atoms with Crippen LogP contribution in [0.1, 0.15) is 50.9 Å². The molecule has 0 aliphatic heterocycles. The van der Waals surface area contributed by atoms with Crippen LogP contribution in [0.15, 0.2) is 46.2 Å². The second-order valence-electron chi connectivity index (χ2n) is 8.36. The summed E-state index contributed by atoms with van der Waals surface area (Å²) in [5.74, 6) is -1.06. The fourth-order valence-corrected chi connectivity index (χ4v) is 3.75. The molecule has 6 N–H and O–H groups in total. The first-order valence-corrected chi connectivity index (χ1v) is 13.5. The molecule has 3 amide bonds. The van der Waals surface area contributed by atoms with E-state index in [1.165, 1.54) is 36.7 Å². The molecule has 0 saturated carbocycles. The Morgan fingerprint density at radius 2 is 2.00 bits per heavy atom. The number of carbonyl (C=O) groups is 3. The van der Waals surface area contributed by atoms with E-state index in [0.717, 1.165) is 4.90 Å². The molecule has 3 rings (SSSR count). The third-order valence-electron chi connectivity index (χ3n) is 5.52. The summed E-state index contributed by atoms with van der Waals surface area (Å²) < 4.78 is 25.1. The van der Waals surface area contributed by atoms with Crippen molar-refractivity contribution in [1.29, 1.82) is 5.41 Å². The van der Waals surface area contributed by atoms with Crippen molar-refractivity contribution in [2.45, 2.75) is 27.2 Å². The number of phosphoric acid groups is 1. The van der Waals surface area contributed by atoms with Gasteiger partial charge in [0.2, 0.25) is 6.79 Å². The highest BCUT2D eigenvalue weighted by Crippen LogP contribution is 2.35. The monoisotopic (exact) mass is 589 g/mol. The Morgan fingerprint density at radius 1 is 1.24 bits per heavy atom. The topological polar surface area (TPSA) is 233 Å². The number of hydrogen-bond donors (Lipinski definition) is 6. The fraction of sp³-hybridized carbons (Fsp3) is 0.250. The van der Waals surface area contributed by atoms with Gasteiger partial charge in [0.05, 0.1) is 16.9 Å². The van der Waals surface area contributed by atoms with Crippen molar-refractivity contribution in [3.8, 4) is 0 Å². The standard InChI is InChI=1S/C24H28N7O9P/c1-4-8-26-23(33)17-11-27-20(15(17)3)21(28-12-25)31(24(34)38-13-40-41(35,36)37)18-10-16(6-5-14(18)2)22(32)29-19-7-9-39-30-19/h5-7,9-12,25,27H,4,8,13H2,1-3H3,(H,26,33)(H,29,30,32)(H2,35,36,37). The molecule has 0 aliphatic rings. The summed E-state index contributed by atoms with van der Waals surface area (Å²) >= 11 is 0. The van der Waals surface area contributed by atoms with E-state index in [-0.39, 0.29) is 40.1 Å². The number of aliphatic imine (C=N–C) groups is 1. The van der Waals surface area contributed by atoms with Crippen LogP contribution in [0.25, 0.3) is 0 Å². The predicted molar refractivity (Wildman–Crippen MR) is 146 cm³/mol. The molecule has 0 bridgehead atoms. The van der Waals surface area contributed by atoms with E-state index < -0.39 is 26.6 Å². The lowest BCUT2D eigenvalue weighted by Crippen LogP contribution is -2.40. The summed E-state index contributed by atoms with van der Waals surface area (Å²) in [6.07, 6.45) is 2.81. The molecule has 3 aromatic rings. The van der Waals surface area contributed by atoms with Gasteiger partial charge in [0.25, 0.3) is 11.8 Å². The first kappa shape index (κ1) is 30.9. The molecule has 41 heavy (non-hydrogen) atoms. The van der Waals surface area contributed by atoms with E-state index in [1.54, 1.807) is 13.8 Å². The third-order valence-corrected chi connectivity index (χ3v) is 5.96. The van der Waals surface area contributed by atoms with Crippen LogP contribution in [-0.4, -0.2) is 63.3 Å². The minimum atomic E-state index is -4.98. The number of ether oxygens (including phenoxy) is 1. The van der Waals surface area contributed by atoms with Gasteiger partial charge < -0.3 is 34.7 Å². The smallest absolute Gasteiger partial charge is 0.421 e. The van der Waals surface area contributed by atoms with E-state index in [2.05, 4.69) is 30.3 Å². The molecule has 17 heteroatoms. The van der Waals surface area contributed by atoms with Crippen LogP contribution in [0, 0.1) is 19.3 Å². The number of aromatic amines is 1. The Balaban J connectivity index is 2.10. The van der Waals surface area contributed by atoms with Crippen LogP contribution in [-0.2, 0) is 13.8 Å². The van der Waals surface area contributed by atoms with Gasteiger partial charge in [0, 0.05) is 24.4 Å². The first-order chi connectivity index (χ1) is 19.5. The predicted octanol–water partition coefficient (Wildman–Crippen LogP) is 3.08. The molecule has 2 heterocycles. The maximum atomic E-state index is 13.4. The molecule has 0 radical (unpaired) electrons. The second kappa shape index (κ2) is 13.6. The average molecular weight is 590 g/mol. The maximum Gasteiger partial charge on any atom is 0.472 e. The van der Waals surface area contributed by atoms with E-state index >= 15 is 0 Å². The number of anilines is 2. The molecular formula is C24H28N7O9P. The SMILES string of the molecule is CCCNC(=O)c1c[nH]c(C(=NC=N)N(C(=O)OCOP(=O)(O)O)c2cc(C(=O)Nc3ccon3)ccc2C)c1C. The van der Waals surface area contributed by atoms with Gasteiger partial charge in [0.15, 0.2) is 11.7 Å². The molecule has 2 aromatic heterocycles. The number of carbonyl (C=O) groups excluding carboxylic acids is 3. The number of nitrogens with zero attached hydrogens (tertiary/aromatic N) is 3. The minimum absolute atomic E-state index is 0.0607. The summed E-state index contributed by atoms with van der Waals surface area (Å²) in [5, 5.41) is 16.5. The maximum absolute atomic E-state index is 13.4. The number of phosphoric ester groups is 1. The van der Waals surface area contributed by atoms with Gasteiger partial charge >= 0.3 is 13.9 Å². The van der Waals surface area contributed by atoms with Crippen molar-refractivity contribution >= 4 is 49.4 Å². The van der Waals surface area contributed by atoms with Crippen molar-refractivity contribution in [1.82, 2.24) is 15.5 Å². The molecule has 0 atom stereocenters. The van der Waals surface area contributed by atoms with Gasteiger partial charge in [-0.1, -0.05) is 18.1 Å². The number of H-pyrrole nitrogens is 1. The lowest BCUT2D eigenvalue weighted by atomic mass is 10.1. The Bertz CT molecular complexity index is 1490. The van der Waals surface area contributed by atoms with E-state index in [0.29, 0.717) is 30.4 Å². The summed E-state index contributed by atoms with van der Waals surface area (Å²) in [7, 11) is -4.98. The number of rotatable bonds is 11. The average Bonchev–Trinajstić information content (AvgIpc) is 3.56. The van der Waals surface area contributed by atoms with Crippen molar-refractivity contribution in [3.63, 3.8) is 0 Å². The molecular weight excluding hydrogens is 561 g/mol. The Morgan fingerprint density at radius 3 is 2.63 bits per heavy atom. The molecule has 16 nitrogen and oxygen atoms in total. The number of amides is 3. The van der Waals surface area contributed by atoms with Gasteiger partial charge in [-0.15, -0.1) is 0 Å².